The molecule has 0 saturated carbocycles. The van der Waals surface area contributed by atoms with Gasteiger partial charge < -0.3 is 9.47 Å². The van der Waals surface area contributed by atoms with E-state index in [0.717, 1.165) is 24.1 Å². The van der Waals surface area contributed by atoms with Gasteiger partial charge in [-0.3, -0.25) is 4.79 Å². The lowest BCUT2D eigenvalue weighted by Crippen LogP contribution is -2.24. The number of aromatic nitrogens is 5. The second kappa shape index (κ2) is 6.88. The highest BCUT2D eigenvalue weighted by Gasteiger charge is 2.14. The predicted molar refractivity (Wildman–Crippen MR) is 101 cm³/mol. The second-order valence-corrected chi connectivity index (χ2v) is 6.71. The molecule has 27 heavy (non-hydrogen) atoms. The summed E-state index contributed by atoms with van der Waals surface area (Å²) in [5.41, 5.74) is 2.75. The minimum absolute atomic E-state index is 0.181. The highest BCUT2D eigenvalue weighted by Crippen LogP contribution is 2.24. The number of halogens is 1. The number of nitrogens with zero attached hydrogens (tertiary/aromatic N) is 6. The van der Waals surface area contributed by atoms with Crippen LogP contribution in [-0.2, 0) is 6.54 Å². The number of hydrogen-bond acceptors (Lipinski definition) is 5. The van der Waals surface area contributed by atoms with E-state index in [1.54, 1.807) is 33.6 Å². The van der Waals surface area contributed by atoms with E-state index >= 15 is 0 Å². The summed E-state index contributed by atoms with van der Waals surface area (Å²) in [6.45, 7) is 1.52. The van der Waals surface area contributed by atoms with Crippen molar-refractivity contribution in [3.8, 4) is 11.1 Å². The van der Waals surface area contributed by atoms with Crippen LogP contribution in [0.25, 0.3) is 27.8 Å². The molecule has 4 aromatic rings. The van der Waals surface area contributed by atoms with Crippen molar-refractivity contribution < 1.29 is 4.39 Å². The molecule has 7 nitrogen and oxygen atoms in total. The lowest BCUT2D eigenvalue weighted by molar-refractivity contribution is 0.385. The Hall–Kier alpha value is -3.13. The molecule has 0 spiro atoms. The SMILES string of the molecule is CN(C)CCCn1ccc2c(nnc3c(-c4ccc(F)cc4)cnn32)c1=O. The van der Waals surface area contributed by atoms with Crippen molar-refractivity contribution >= 4 is 16.7 Å². The van der Waals surface area contributed by atoms with Crippen molar-refractivity contribution in [1.82, 2.24) is 29.3 Å². The first-order chi connectivity index (χ1) is 13.0. The van der Waals surface area contributed by atoms with Gasteiger partial charge in [-0.15, -0.1) is 10.2 Å². The summed E-state index contributed by atoms with van der Waals surface area (Å²) >= 11 is 0. The minimum atomic E-state index is -0.304. The fraction of sp³-hybridized carbons (Fsp3) is 0.263. The van der Waals surface area contributed by atoms with Gasteiger partial charge in [-0.25, -0.2) is 8.91 Å². The monoisotopic (exact) mass is 366 g/mol. The van der Waals surface area contributed by atoms with Gasteiger partial charge in [0.05, 0.1) is 6.20 Å². The van der Waals surface area contributed by atoms with Gasteiger partial charge in [0.15, 0.2) is 11.2 Å². The standard InChI is InChI=1S/C19H19FN6O/c1-24(2)9-3-10-25-11-8-16-17(19(25)27)22-23-18-15(12-21-26(16)18)13-4-6-14(20)7-5-13/h4-8,11-12H,3,9-10H2,1-2H3. The third-order valence-electron chi connectivity index (χ3n) is 4.49. The highest BCUT2D eigenvalue weighted by molar-refractivity contribution is 5.82. The Bertz CT molecular complexity index is 1160. The van der Waals surface area contributed by atoms with Crippen LogP contribution in [0.4, 0.5) is 4.39 Å². The number of rotatable bonds is 5. The van der Waals surface area contributed by atoms with E-state index in [0.29, 0.717) is 17.7 Å². The van der Waals surface area contributed by atoms with Crippen LogP contribution in [-0.4, -0.2) is 49.9 Å². The Morgan fingerprint density at radius 2 is 1.89 bits per heavy atom. The third kappa shape index (κ3) is 3.19. The maximum Gasteiger partial charge on any atom is 0.280 e. The van der Waals surface area contributed by atoms with Crippen molar-refractivity contribution in [2.24, 2.45) is 0 Å². The van der Waals surface area contributed by atoms with Crippen molar-refractivity contribution in [2.45, 2.75) is 13.0 Å². The molecular formula is C19H19FN6O. The molecule has 0 aliphatic heterocycles. The molecule has 0 amide bonds. The average Bonchev–Trinajstić information content (AvgIpc) is 3.08. The van der Waals surface area contributed by atoms with Crippen molar-refractivity contribution in [3.05, 3.63) is 58.9 Å². The molecule has 0 radical (unpaired) electrons. The lowest BCUT2D eigenvalue weighted by atomic mass is 10.1. The summed E-state index contributed by atoms with van der Waals surface area (Å²) in [4.78, 5) is 14.8. The summed E-state index contributed by atoms with van der Waals surface area (Å²) in [5, 5.41) is 12.7. The maximum absolute atomic E-state index is 13.2. The van der Waals surface area contributed by atoms with Crippen molar-refractivity contribution in [3.63, 3.8) is 0 Å². The zero-order valence-corrected chi connectivity index (χ0v) is 15.1. The van der Waals surface area contributed by atoms with E-state index in [4.69, 9.17) is 0 Å². The summed E-state index contributed by atoms with van der Waals surface area (Å²) < 4.78 is 16.4. The average molecular weight is 366 g/mol. The summed E-state index contributed by atoms with van der Waals surface area (Å²) in [6.07, 6.45) is 4.28. The Morgan fingerprint density at radius 3 is 2.63 bits per heavy atom. The van der Waals surface area contributed by atoms with Gasteiger partial charge in [0.2, 0.25) is 0 Å². The first kappa shape index (κ1) is 17.3. The van der Waals surface area contributed by atoms with E-state index in [-0.39, 0.29) is 16.9 Å². The molecule has 0 unspecified atom stereocenters. The Morgan fingerprint density at radius 1 is 1.11 bits per heavy atom. The first-order valence-electron chi connectivity index (χ1n) is 8.69. The minimum Gasteiger partial charge on any atom is -0.313 e. The number of hydrogen-bond donors (Lipinski definition) is 0. The molecule has 3 heterocycles. The smallest absolute Gasteiger partial charge is 0.280 e. The van der Waals surface area contributed by atoms with Gasteiger partial charge in [-0.1, -0.05) is 12.1 Å². The maximum atomic E-state index is 13.2. The highest BCUT2D eigenvalue weighted by atomic mass is 19.1. The van der Waals surface area contributed by atoms with Crippen LogP contribution in [0.3, 0.4) is 0 Å². The molecule has 0 fully saturated rings. The van der Waals surface area contributed by atoms with Crippen LogP contribution in [0.2, 0.25) is 0 Å². The van der Waals surface area contributed by atoms with Gasteiger partial charge in [0.1, 0.15) is 11.3 Å². The molecule has 0 aliphatic rings. The number of fused-ring (bicyclic) bond motifs is 3. The number of aryl methyl sites for hydroxylation is 1. The fourth-order valence-corrected chi connectivity index (χ4v) is 3.10. The molecule has 0 bridgehead atoms. The first-order valence-corrected chi connectivity index (χ1v) is 8.69. The van der Waals surface area contributed by atoms with E-state index in [1.807, 2.05) is 20.2 Å². The Balaban J connectivity index is 1.77. The molecule has 138 valence electrons. The summed E-state index contributed by atoms with van der Waals surface area (Å²) in [7, 11) is 4.00. The van der Waals surface area contributed by atoms with Crippen LogP contribution in [0, 0.1) is 5.82 Å². The van der Waals surface area contributed by atoms with E-state index in [9.17, 15) is 9.18 Å². The van der Waals surface area contributed by atoms with Crippen LogP contribution in [0.5, 0.6) is 0 Å². The Kier molecular flexibility index (Phi) is 4.41. The summed E-state index contributed by atoms with van der Waals surface area (Å²) in [6, 6.07) is 7.94. The van der Waals surface area contributed by atoms with E-state index in [1.165, 1.54) is 12.1 Å². The fourth-order valence-electron chi connectivity index (χ4n) is 3.10. The molecule has 8 heteroatoms. The molecule has 0 saturated heterocycles. The van der Waals surface area contributed by atoms with E-state index < -0.39 is 0 Å². The van der Waals surface area contributed by atoms with Gasteiger partial charge >= 0.3 is 0 Å². The summed E-state index contributed by atoms with van der Waals surface area (Å²) in [5.74, 6) is -0.304. The van der Waals surface area contributed by atoms with Crippen molar-refractivity contribution in [2.75, 3.05) is 20.6 Å². The molecule has 1 aromatic carbocycles. The zero-order chi connectivity index (χ0) is 19.0. The van der Waals surface area contributed by atoms with Gasteiger partial charge in [0, 0.05) is 18.3 Å². The normalized spacial score (nSPS) is 11.7. The molecule has 0 aliphatic carbocycles. The second-order valence-electron chi connectivity index (χ2n) is 6.71. The lowest BCUT2D eigenvalue weighted by Gasteiger charge is -2.11. The Labute approximate surface area is 154 Å². The molecular weight excluding hydrogens is 347 g/mol. The van der Waals surface area contributed by atoms with E-state index in [2.05, 4.69) is 20.2 Å². The molecule has 0 N–H and O–H groups in total. The quantitative estimate of drug-likeness (QED) is 0.542. The van der Waals surface area contributed by atoms with Crippen LogP contribution in [0.15, 0.2) is 47.5 Å². The number of pyridine rings is 1. The van der Waals surface area contributed by atoms with Crippen LogP contribution < -0.4 is 5.56 Å². The van der Waals surface area contributed by atoms with Crippen LogP contribution >= 0.6 is 0 Å². The van der Waals surface area contributed by atoms with Gasteiger partial charge in [0.25, 0.3) is 5.56 Å². The predicted octanol–water partition coefficient (Wildman–Crippen LogP) is 2.20. The van der Waals surface area contributed by atoms with Crippen LogP contribution in [0.1, 0.15) is 6.42 Å². The zero-order valence-electron chi connectivity index (χ0n) is 15.1. The molecule has 3 aromatic heterocycles. The molecule has 4 rings (SSSR count). The van der Waals surface area contributed by atoms with Crippen molar-refractivity contribution in [1.29, 1.82) is 0 Å². The topological polar surface area (TPSA) is 68.3 Å². The largest absolute Gasteiger partial charge is 0.313 e. The van der Waals surface area contributed by atoms with Gasteiger partial charge in [-0.2, -0.15) is 5.10 Å². The molecule has 0 atom stereocenters. The number of benzene rings is 1. The van der Waals surface area contributed by atoms with Gasteiger partial charge in [-0.05, 0) is 50.8 Å². The third-order valence-corrected chi connectivity index (χ3v) is 4.49.